The number of aromatic nitrogens is 2. The van der Waals surface area contributed by atoms with Gasteiger partial charge in [0, 0.05) is 44.7 Å². The molecule has 2 unspecified atom stereocenters. The third kappa shape index (κ3) is 5.58. The second-order valence-electron chi connectivity index (χ2n) is 8.16. The summed E-state index contributed by atoms with van der Waals surface area (Å²) < 4.78 is 12.7. The average Bonchev–Trinajstić information content (AvgIpc) is 3.26. The van der Waals surface area contributed by atoms with E-state index in [1.165, 1.54) is 4.57 Å². The van der Waals surface area contributed by atoms with E-state index in [1.807, 2.05) is 38.6 Å². The molecule has 174 valence electrons. The predicted octanol–water partition coefficient (Wildman–Crippen LogP) is 1.87. The van der Waals surface area contributed by atoms with Crippen molar-refractivity contribution < 1.29 is 19.1 Å². The first kappa shape index (κ1) is 22.5. The van der Waals surface area contributed by atoms with Gasteiger partial charge in [0.1, 0.15) is 18.7 Å². The molecule has 3 aliphatic heterocycles. The standard InChI is InChI=1S/C23H27N5O5/c1-26-10-3-5-16(13-26)21(29)24-19-9-12-28(23(31)25-19)20-8-7-18(33-20)15-32-22(30)17-6-4-11-27(2)14-17/h3-4,9-14,18,20H,5-8,15H2,1-2H3,(H,24,25,29,31). The summed E-state index contributed by atoms with van der Waals surface area (Å²) in [6.45, 7) is 0.119. The fraction of sp³-hybridized carbons (Fsp3) is 0.391. The van der Waals surface area contributed by atoms with E-state index < -0.39 is 11.9 Å². The highest BCUT2D eigenvalue weighted by Crippen LogP contribution is 2.27. The molecule has 0 radical (unpaired) electrons. The molecule has 0 bridgehead atoms. The van der Waals surface area contributed by atoms with Crippen LogP contribution in [0.25, 0.3) is 0 Å². The van der Waals surface area contributed by atoms with Gasteiger partial charge in [-0.15, -0.1) is 0 Å². The molecule has 4 heterocycles. The molecule has 0 aliphatic carbocycles. The van der Waals surface area contributed by atoms with Gasteiger partial charge in [-0.2, -0.15) is 4.98 Å². The Morgan fingerprint density at radius 3 is 2.52 bits per heavy atom. The average molecular weight is 453 g/mol. The van der Waals surface area contributed by atoms with Crippen molar-refractivity contribution in [2.45, 2.75) is 38.0 Å². The van der Waals surface area contributed by atoms with Gasteiger partial charge in [-0.25, -0.2) is 9.59 Å². The molecule has 4 rings (SSSR count). The van der Waals surface area contributed by atoms with Gasteiger partial charge in [-0.05, 0) is 37.7 Å². The van der Waals surface area contributed by atoms with Gasteiger partial charge in [0.15, 0.2) is 0 Å². The molecule has 0 saturated carbocycles. The van der Waals surface area contributed by atoms with Crippen molar-refractivity contribution in [3.63, 3.8) is 0 Å². The Morgan fingerprint density at radius 2 is 1.82 bits per heavy atom. The summed E-state index contributed by atoms with van der Waals surface area (Å²) >= 11 is 0. The number of ether oxygens (including phenoxy) is 2. The van der Waals surface area contributed by atoms with Gasteiger partial charge < -0.3 is 24.6 Å². The van der Waals surface area contributed by atoms with Crippen molar-refractivity contribution in [1.29, 1.82) is 0 Å². The summed E-state index contributed by atoms with van der Waals surface area (Å²) in [5, 5.41) is 2.66. The van der Waals surface area contributed by atoms with Crippen LogP contribution in [0.15, 0.2) is 65.2 Å². The molecule has 10 heteroatoms. The minimum Gasteiger partial charge on any atom is -0.460 e. The molecular weight excluding hydrogens is 426 g/mol. The number of carbonyl (C=O) groups is 2. The van der Waals surface area contributed by atoms with Crippen LogP contribution in [0, 0.1) is 0 Å². The smallest absolute Gasteiger partial charge is 0.351 e. The highest BCUT2D eigenvalue weighted by atomic mass is 16.6. The normalized spacial score (nSPS) is 22.1. The minimum absolute atomic E-state index is 0.119. The Morgan fingerprint density at radius 1 is 1.12 bits per heavy atom. The van der Waals surface area contributed by atoms with E-state index in [4.69, 9.17) is 9.47 Å². The largest absolute Gasteiger partial charge is 0.460 e. The van der Waals surface area contributed by atoms with Gasteiger partial charge in [0.05, 0.1) is 11.7 Å². The first-order valence-corrected chi connectivity index (χ1v) is 10.8. The number of rotatable bonds is 6. The molecule has 0 aromatic carbocycles. The minimum atomic E-state index is -0.521. The number of allylic oxidation sites excluding steroid dienone is 2. The monoisotopic (exact) mass is 453 g/mol. The van der Waals surface area contributed by atoms with Crippen LogP contribution in [0.3, 0.4) is 0 Å². The van der Waals surface area contributed by atoms with Crippen molar-refractivity contribution in [3.05, 3.63) is 70.8 Å². The fourth-order valence-corrected chi connectivity index (χ4v) is 3.84. The Balaban J connectivity index is 1.30. The van der Waals surface area contributed by atoms with Crippen LogP contribution in [0.4, 0.5) is 5.82 Å². The number of esters is 1. The van der Waals surface area contributed by atoms with Gasteiger partial charge >= 0.3 is 11.7 Å². The highest BCUT2D eigenvalue weighted by molar-refractivity contribution is 6.03. The quantitative estimate of drug-likeness (QED) is 0.651. The zero-order chi connectivity index (χ0) is 23.4. The zero-order valence-electron chi connectivity index (χ0n) is 18.6. The van der Waals surface area contributed by atoms with Crippen LogP contribution >= 0.6 is 0 Å². The molecule has 3 aliphatic rings. The van der Waals surface area contributed by atoms with E-state index in [1.54, 1.807) is 34.5 Å². The van der Waals surface area contributed by atoms with E-state index >= 15 is 0 Å². The highest BCUT2D eigenvalue weighted by Gasteiger charge is 2.29. The van der Waals surface area contributed by atoms with Crippen molar-refractivity contribution in [2.24, 2.45) is 0 Å². The van der Waals surface area contributed by atoms with Crippen molar-refractivity contribution in [2.75, 3.05) is 26.0 Å². The molecule has 0 spiro atoms. The maximum absolute atomic E-state index is 12.5. The number of nitrogens with zero attached hydrogens (tertiary/aromatic N) is 4. The molecule has 33 heavy (non-hydrogen) atoms. The lowest BCUT2D eigenvalue weighted by Crippen LogP contribution is -2.29. The number of nitrogens with one attached hydrogen (secondary N) is 1. The molecule has 2 atom stereocenters. The fourth-order valence-electron chi connectivity index (χ4n) is 3.84. The molecule has 1 saturated heterocycles. The summed E-state index contributed by atoms with van der Waals surface area (Å²) in [6.07, 6.45) is 14.0. The molecule has 1 aromatic heterocycles. The lowest BCUT2D eigenvalue weighted by atomic mass is 10.1. The van der Waals surface area contributed by atoms with E-state index in [2.05, 4.69) is 10.3 Å². The van der Waals surface area contributed by atoms with Crippen LogP contribution < -0.4 is 11.0 Å². The molecule has 1 amide bonds. The Hall–Kier alpha value is -3.66. The molecule has 1 aromatic rings. The van der Waals surface area contributed by atoms with Gasteiger partial charge in [0.2, 0.25) is 0 Å². The maximum Gasteiger partial charge on any atom is 0.351 e. The lowest BCUT2D eigenvalue weighted by molar-refractivity contribution is -0.144. The van der Waals surface area contributed by atoms with E-state index in [0.717, 1.165) is 0 Å². The molecule has 10 nitrogen and oxygen atoms in total. The number of carbonyl (C=O) groups excluding carboxylic acids is 2. The lowest BCUT2D eigenvalue weighted by Gasteiger charge is -2.18. The maximum atomic E-state index is 12.5. The Labute approximate surface area is 191 Å². The van der Waals surface area contributed by atoms with Crippen LogP contribution in [0.2, 0.25) is 0 Å². The van der Waals surface area contributed by atoms with E-state index in [9.17, 15) is 14.4 Å². The third-order valence-corrected chi connectivity index (χ3v) is 5.50. The summed E-state index contributed by atoms with van der Waals surface area (Å²) in [6, 6.07) is 1.57. The van der Waals surface area contributed by atoms with Gasteiger partial charge in [-0.3, -0.25) is 9.36 Å². The van der Waals surface area contributed by atoms with Crippen molar-refractivity contribution in [3.8, 4) is 0 Å². The summed E-state index contributed by atoms with van der Waals surface area (Å²) in [5.41, 5.74) is 0.640. The molecular formula is C23H27N5O5. The first-order valence-electron chi connectivity index (χ1n) is 10.8. The Kier molecular flexibility index (Phi) is 6.74. The first-order chi connectivity index (χ1) is 15.9. The number of hydrogen-bond acceptors (Lipinski definition) is 8. The van der Waals surface area contributed by atoms with Gasteiger partial charge in [0.25, 0.3) is 5.91 Å². The van der Waals surface area contributed by atoms with E-state index in [0.29, 0.717) is 36.8 Å². The van der Waals surface area contributed by atoms with Crippen molar-refractivity contribution >= 4 is 17.7 Å². The zero-order valence-corrected chi connectivity index (χ0v) is 18.6. The predicted molar refractivity (Wildman–Crippen MR) is 120 cm³/mol. The Bertz CT molecular complexity index is 1100. The van der Waals surface area contributed by atoms with Crippen LogP contribution in [0.5, 0.6) is 0 Å². The summed E-state index contributed by atoms with van der Waals surface area (Å²) in [4.78, 5) is 44.7. The number of amides is 1. The van der Waals surface area contributed by atoms with Gasteiger partial charge in [-0.1, -0.05) is 12.2 Å². The topological polar surface area (TPSA) is 106 Å². The second kappa shape index (κ2) is 9.86. The van der Waals surface area contributed by atoms with Crippen LogP contribution in [-0.4, -0.2) is 58.0 Å². The summed E-state index contributed by atoms with van der Waals surface area (Å²) in [7, 11) is 3.68. The third-order valence-electron chi connectivity index (χ3n) is 5.50. The SMILES string of the molecule is CN1C=CCC(C(=O)Nc2ccn(C3CCC(COC(=O)C4=CN(C)C=CC4)O3)c(=O)n2)=C1. The molecule has 1 fully saturated rings. The van der Waals surface area contributed by atoms with Crippen LogP contribution in [0.1, 0.15) is 31.9 Å². The number of hydrogen-bond donors (Lipinski definition) is 1. The van der Waals surface area contributed by atoms with Crippen molar-refractivity contribution in [1.82, 2.24) is 19.4 Å². The number of anilines is 1. The second-order valence-corrected chi connectivity index (χ2v) is 8.16. The summed E-state index contributed by atoms with van der Waals surface area (Å²) in [5.74, 6) is -0.487. The molecule has 1 N–H and O–H groups in total. The van der Waals surface area contributed by atoms with Crippen LogP contribution in [-0.2, 0) is 19.1 Å². The van der Waals surface area contributed by atoms with E-state index in [-0.39, 0.29) is 30.4 Å².